The zero-order valence-corrected chi connectivity index (χ0v) is 7.49. The highest BCUT2D eigenvalue weighted by atomic mass is 35.6. The third-order valence-electron chi connectivity index (χ3n) is 0.822. The number of hydrogen-bond donors (Lipinski definition) is 0. The topological polar surface area (TPSA) is 22.1 Å². The average molecular weight is 211 g/mol. The highest BCUT2D eigenvalue weighted by molar-refractivity contribution is 6.66. The van der Waals surface area contributed by atoms with Crippen molar-refractivity contribution in [1.82, 2.24) is 4.98 Å². The van der Waals surface area contributed by atoms with Crippen LogP contribution in [0.1, 0.15) is 0 Å². The molecule has 0 atom stereocenters. The van der Waals surface area contributed by atoms with Crippen molar-refractivity contribution in [3.05, 3.63) is 24.5 Å². The highest BCUT2D eigenvalue weighted by Gasteiger charge is 2.21. The second-order valence-corrected chi connectivity index (χ2v) is 3.85. The van der Waals surface area contributed by atoms with Crippen LogP contribution < -0.4 is 4.74 Å². The summed E-state index contributed by atoms with van der Waals surface area (Å²) in [5.74, 6) is 0.392. The van der Waals surface area contributed by atoms with E-state index in [1.54, 1.807) is 12.1 Å². The molecule has 0 aromatic carbocycles. The second-order valence-electron chi connectivity index (χ2n) is 1.67. The van der Waals surface area contributed by atoms with Gasteiger partial charge in [-0.2, -0.15) is 0 Å². The van der Waals surface area contributed by atoms with Gasteiger partial charge in [0.05, 0.1) is 12.4 Å². The van der Waals surface area contributed by atoms with Crippen LogP contribution in [0, 0.1) is 6.20 Å². The van der Waals surface area contributed by atoms with Crippen LogP contribution >= 0.6 is 34.8 Å². The van der Waals surface area contributed by atoms with E-state index in [0.29, 0.717) is 5.75 Å². The number of pyridine rings is 1. The zero-order chi connectivity index (χ0) is 8.32. The molecule has 0 amide bonds. The second kappa shape index (κ2) is 3.48. The lowest BCUT2D eigenvalue weighted by atomic mass is 10.5. The smallest absolute Gasteiger partial charge is 0.338 e. The Morgan fingerprint density at radius 1 is 1.45 bits per heavy atom. The molecule has 0 saturated carbocycles. The SMILES string of the molecule is ClC(Cl)(Cl)Oc1cc[c]nc1. The first kappa shape index (κ1) is 8.91. The quantitative estimate of drug-likeness (QED) is 0.666. The molecule has 0 aliphatic rings. The predicted octanol–water partition coefficient (Wildman–Crippen LogP) is 2.59. The van der Waals surface area contributed by atoms with Crippen molar-refractivity contribution in [3.8, 4) is 5.75 Å². The molecule has 0 fully saturated rings. The molecule has 1 rings (SSSR count). The van der Waals surface area contributed by atoms with Gasteiger partial charge in [-0.1, -0.05) is 0 Å². The molecular weight excluding hydrogens is 208 g/mol. The Morgan fingerprint density at radius 3 is 2.64 bits per heavy atom. The number of rotatable bonds is 1. The molecule has 1 aromatic rings. The van der Waals surface area contributed by atoms with Crippen molar-refractivity contribution in [2.75, 3.05) is 0 Å². The van der Waals surface area contributed by atoms with Gasteiger partial charge in [0, 0.05) is 0 Å². The van der Waals surface area contributed by atoms with Crippen molar-refractivity contribution in [2.24, 2.45) is 0 Å². The summed E-state index contributed by atoms with van der Waals surface area (Å²) in [5.41, 5.74) is 0. The first-order valence-electron chi connectivity index (χ1n) is 2.66. The molecule has 0 saturated heterocycles. The maximum atomic E-state index is 5.34. The van der Waals surface area contributed by atoms with E-state index >= 15 is 0 Å². The van der Waals surface area contributed by atoms with Crippen LogP contribution in [0.4, 0.5) is 0 Å². The lowest BCUT2D eigenvalue weighted by Crippen LogP contribution is -2.12. The maximum Gasteiger partial charge on any atom is 0.338 e. The van der Waals surface area contributed by atoms with Crippen molar-refractivity contribution in [2.45, 2.75) is 3.98 Å². The maximum absolute atomic E-state index is 5.34. The van der Waals surface area contributed by atoms with E-state index < -0.39 is 3.98 Å². The number of hydrogen-bond acceptors (Lipinski definition) is 2. The van der Waals surface area contributed by atoms with E-state index in [4.69, 9.17) is 39.5 Å². The molecule has 0 N–H and O–H groups in total. The van der Waals surface area contributed by atoms with Crippen LogP contribution in [0.3, 0.4) is 0 Å². The lowest BCUT2D eigenvalue weighted by molar-refractivity contribution is 0.319. The van der Waals surface area contributed by atoms with E-state index in [2.05, 4.69) is 11.2 Å². The van der Waals surface area contributed by atoms with Gasteiger partial charge in [0.1, 0.15) is 5.75 Å². The summed E-state index contributed by atoms with van der Waals surface area (Å²) in [6, 6.07) is 3.15. The van der Waals surface area contributed by atoms with Gasteiger partial charge in [-0.15, -0.1) is 0 Å². The Balaban J connectivity index is 2.66. The largest absolute Gasteiger partial charge is 0.444 e. The number of aromatic nitrogens is 1. The van der Waals surface area contributed by atoms with Crippen LogP contribution in [-0.2, 0) is 0 Å². The van der Waals surface area contributed by atoms with E-state index in [9.17, 15) is 0 Å². The van der Waals surface area contributed by atoms with Crippen molar-refractivity contribution < 1.29 is 4.74 Å². The molecule has 1 heterocycles. The Morgan fingerprint density at radius 2 is 2.18 bits per heavy atom. The number of alkyl halides is 3. The molecule has 0 aliphatic heterocycles. The van der Waals surface area contributed by atoms with Crippen molar-refractivity contribution in [3.63, 3.8) is 0 Å². The minimum atomic E-state index is -1.73. The summed E-state index contributed by atoms with van der Waals surface area (Å²) in [6.07, 6.45) is 3.96. The Labute approximate surface area is 79.0 Å². The van der Waals surface area contributed by atoms with Crippen LogP contribution in [0.2, 0.25) is 0 Å². The lowest BCUT2D eigenvalue weighted by Gasteiger charge is -2.12. The number of halogens is 3. The predicted molar refractivity (Wildman–Crippen MR) is 44.0 cm³/mol. The molecule has 11 heavy (non-hydrogen) atoms. The fourth-order valence-corrected chi connectivity index (χ4v) is 0.768. The summed E-state index contributed by atoms with van der Waals surface area (Å²) < 4.78 is 3.08. The molecule has 59 valence electrons. The molecule has 1 radical (unpaired) electrons. The average Bonchev–Trinajstić information content (AvgIpc) is 1.85. The van der Waals surface area contributed by atoms with Gasteiger partial charge in [0.15, 0.2) is 0 Å². The summed E-state index contributed by atoms with van der Waals surface area (Å²) >= 11 is 16.0. The minimum absolute atomic E-state index is 0.392. The van der Waals surface area contributed by atoms with Gasteiger partial charge < -0.3 is 4.74 Å². The molecule has 0 aliphatic carbocycles. The van der Waals surface area contributed by atoms with Crippen LogP contribution in [0.25, 0.3) is 0 Å². The number of nitrogens with zero attached hydrogens (tertiary/aromatic N) is 1. The molecule has 0 bridgehead atoms. The van der Waals surface area contributed by atoms with Gasteiger partial charge >= 0.3 is 3.98 Å². The molecule has 0 spiro atoms. The zero-order valence-electron chi connectivity index (χ0n) is 5.22. The third kappa shape index (κ3) is 3.65. The first-order valence-corrected chi connectivity index (χ1v) is 3.79. The van der Waals surface area contributed by atoms with E-state index in [0.717, 1.165) is 0 Å². The first-order chi connectivity index (χ1) is 5.08. The minimum Gasteiger partial charge on any atom is -0.444 e. The summed E-state index contributed by atoms with van der Waals surface area (Å²) in [7, 11) is 0. The fourth-order valence-electron chi connectivity index (χ4n) is 0.500. The fraction of sp³-hybridized carbons (Fsp3) is 0.167. The van der Waals surface area contributed by atoms with Gasteiger partial charge in [0.2, 0.25) is 0 Å². The van der Waals surface area contributed by atoms with E-state index in [-0.39, 0.29) is 0 Å². The summed E-state index contributed by atoms with van der Waals surface area (Å²) in [6.45, 7) is 0. The normalized spacial score (nSPS) is 11.2. The number of ether oxygens (including phenoxy) is 1. The third-order valence-corrected chi connectivity index (χ3v) is 1.05. The van der Waals surface area contributed by atoms with Gasteiger partial charge in [-0.05, 0) is 46.9 Å². The Bertz CT molecular complexity index is 221. The summed E-state index contributed by atoms with van der Waals surface area (Å²) in [4.78, 5) is 3.64. The van der Waals surface area contributed by atoms with Crippen LogP contribution in [0.5, 0.6) is 5.75 Å². The Kier molecular flexibility index (Phi) is 2.82. The highest BCUT2D eigenvalue weighted by Crippen LogP contribution is 2.29. The van der Waals surface area contributed by atoms with Crippen LogP contribution in [-0.4, -0.2) is 8.96 Å². The van der Waals surface area contributed by atoms with Crippen molar-refractivity contribution in [1.29, 1.82) is 0 Å². The standard InChI is InChI=1S/C6H3Cl3NO/c7-6(8,9)11-5-2-1-3-10-4-5/h1-2,4H. The molecule has 2 nitrogen and oxygen atoms in total. The monoisotopic (exact) mass is 210 g/mol. The van der Waals surface area contributed by atoms with Crippen LogP contribution in [0.15, 0.2) is 18.3 Å². The molecule has 5 heteroatoms. The van der Waals surface area contributed by atoms with Crippen molar-refractivity contribution >= 4 is 34.8 Å². The van der Waals surface area contributed by atoms with Gasteiger partial charge in [-0.25, -0.2) is 0 Å². The molecule has 1 aromatic heterocycles. The molecular formula is C6H3Cl3NO. The van der Waals surface area contributed by atoms with E-state index in [1.807, 2.05) is 0 Å². The Hall–Kier alpha value is -0.180. The summed E-state index contributed by atoms with van der Waals surface area (Å²) in [5, 5.41) is 0. The van der Waals surface area contributed by atoms with Gasteiger partial charge in [-0.3, -0.25) is 4.98 Å². The molecule has 0 unspecified atom stereocenters. The van der Waals surface area contributed by atoms with Gasteiger partial charge in [0.25, 0.3) is 0 Å². The van der Waals surface area contributed by atoms with E-state index in [1.165, 1.54) is 6.20 Å².